The SMILES string of the molecule is COc1ccc(NC(=O)C(N=Nc2cc(S(=O)(=O)Nc3ccc(OC)cc3)ccc2OC)=C(C)O)cc1. The lowest BCUT2D eigenvalue weighted by Gasteiger charge is -2.11. The molecule has 194 valence electrons. The number of azo groups is 1. The van der Waals surface area contributed by atoms with Gasteiger partial charge in [0.25, 0.3) is 15.9 Å². The highest BCUT2D eigenvalue weighted by Gasteiger charge is 2.18. The van der Waals surface area contributed by atoms with Gasteiger partial charge in [-0.15, -0.1) is 10.2 Å². The quantitative estimate of drug-likeness (QED) is 0.191. The zero-order chi connectivity index (χ0) is 27.0. The zero-order valence-corrected chi connectivity index (χ0v) is 21.4. The van der Waals surface area contributed by atoms with Crippen LogP contribution >= 0.6 is 0 Å². The molecule has 0 fully saturated rings. The van der Waals surface area contributed by atoms with E-state index in [0.717, 1.165) is 0 Å². The number of ether oxygens (including phenoxy) is 3. The molecule has 11 nitrogen and oxygen atoms in total. The maximum Gasteiger partial charge on any atom is 0.279 e. The number of methoxy groups -OCH3 is 3. The molecule has 0 aliphatic rings. The van der Waals surface area contributed by atoms with Gasteiger partial charge in [-0.1, -0.05) is 0 Å². The summed E-state index contributed by atoms with van der Waals surface area (Å²) in [4.78, 5) is 12.6. The summed E-state index contributed by atoms with van der Waals surface area (Å²) in [6, 6.07) is 16.9. The smallest absolute Gasteiger partial charge is 0.279 e. The first-order chi connectivity index (χ1) is 17.7. The van der Waals surface area contributed by atoms with Gasteiger partial charge in [0.05, 0.1) is 26.2 Å². The zero-order valence-electron chi connectivity index (χ0n) is 20.6. The van der Waals surface area contributed by atoms with Crippen LogP contribution in [-0.4, -0.2) is 40.8 Å². The third-order valence-corrected chi connectivity index (χ3v) is 6.35. The molecule has 12 heteroatoms. The summed E-state index contributed by atoms with van der Waals surface area (Å²) in [7, 11) is 0.410. The van der Waals surface area contributed by atoms with E-state index in [-0.39, 0.29) is 22.0 Å². The van der Waals surface area contributed by atoms with E-state index in [2.05, 4.69) is 20.3 Å². The number of sulfonamides is 1. The predicted molar refractivity (Wildman–Crippen MR) is 138 cm³/mol. The number of amides is 1. The number of anilines is 2. The number of aliphatic hydroxyl groups is 1. The molecule has 0 heterocycles. The second-order valence-electron chi connectivity index (χ2n) is 7.48. The number of hydrogen-bond donors (Lipinski definition) is 3. The fraction of sp³-hybridized carbons (Fsp3) is 0.160. The summed E-state index contributed by atoms with van der Waals surface area (Å²) in [5, 5.41) is 20.5. The topological polar surface area (TPSA) is 148 Å². The van der Waals surface area contributed by atoms with Gasteiger partial charge in [-0.05, 0) is 73.7 Å². The van der Waals surface area contributed by atoms with Gasteiger partial charge in [-0.3, -0.25) is 9.52 Å². The Morgan fingerprint density at radius 1 is 0.838 bits per heavy atom. The van der Waals surface area contributed by atoms with E-state index >= 15 is 0 Å². The van der Waals surface area contributed by atoms with Gasteiger partial charge >= 0.3 is 0 Å². The van der Waals surface area contributed by atoms with Crippen LogP contribution in [-0.2, 0) is 14.8 Å². The summed E-state index contributed by atoms with van der Waals surface area (Å²) in [6.45, 7) is 1.28. The Bertz CT molecular complexity index is 1410. The van der Waals surface area contributed by atoms with Crippen LogP contribution in [0.25, 0.3) is 0 Å². The van der Waals surface area contributed by atoms with E-state index in [0.29, 0.717) is 22.9 Å². The lowest BCUT2D eigenvalue weighted by Crippen LogP contribution is -2.14. The fourth-order valence-corrected chi connectivity index (χ4v) is 4.12. The molecule has 37 heavy (non-hydrogen) atoms. The molecule has 0 spiro atoms. The molecule has 0 aliphatic carbocycles. The number of nitrogens with zero attached hydrogens (tertiary/aromatic N) is 2. The van der Waals surface area contributed by atoms with Gasteiger partial charge in [-0.25, -0.2) is 8.42 Å². The van der Waals surface area contributed by atoms with Gasteiger partial charge in [-0.2, -0.15) is 0 Å². The van der Waals surface area contributed by atoms with Gasteiger partial charge in [0.15, 0.2) is 5.70 Å². The summed E-state index contributed by atoms with van der Waals surface area (Å²) in [5.74, 6) is 0.276. The average Bonchev–Trinajstić information content (AvgIpc) is 2.89. The number of hydrogen-bond acceptors (Lipinski definition) is 9. The fourth-order valence-electron chi connectivity index (χ4n) is 3.04. The Balaban J connectivity index is 1.85. The predicted octanol–water partition coefficient (Wildman–Crippen LogP) is 5.03. The largest absolute Gasteiger partial charge is 0.510 e. The number of carbonyl (C=O) groups excluding carboxylic acids is 1. The molecule has 0 radical (unpaired) electrons. The van der Waals surface area contributed by atoms with Crippen LogP contribution in [0.5, 0.6) is 17.2 Å². The Morgan fingerprint density at radius 2 is 1.41 bits per heavy atom. The number of benzene rings is 3. The third kappa shape index (κ3) is 6.98. The second-order valence-corrected chi connectivity index (χ2v) is 9.17. The van der Waals surface area contributed by atoms with Crippen LogP contribution in [0.4, 0.5) is 17.1 Å². The van der Waals surface area contributed by atoms with Gasteiger partial charge in [0.2, 0.25) is 0 Å². The van der Waals surface area contributed by atoms with Crippen molar-refractivity contribution in [3.63, 3.8) is 0 Å². The minimum absolute atomic E-state index is 0.0242. The molecule has 0 saturated carbocycles. The van der Waals surface area contributed by atoms with Crippen LogP contribution < -0.4 is 24.2 Å². The lowest BCUT2D eigenvalue weighted by molar-refractivity contribution is -0.113. The molecule has 3 aromatic carbocycles. The van der Waals surface area contributed by atoms with Crippen LogP contribution in [0, 0.1) is 0 Å². The van der Waals surface area contributed by atoms with Crippen molar-refractivity contribution in [2.75, 3.05) is 31.4 Å². The summed E-state index contributed by atoms with van der Waals surface area (Å²) in [5.41, 5.74) is 0.421. The van der Waals surface area contributed by atoms with Gasteiger partial charge in [0, 0.05) is 11.4 Å². The van der Waals surface area contributed by atoms with E-state index in [1.807, 2.05) is 0 Å². The second kappa shape index (κ2) is 11.9. The van der Waals surface area contributed by atoms with Crippen LogP contribution in [0.15, 0.2) is 93.3 Å². The van der Waals surface area contributed by atoms with Crippen LogP contribution in [0.1, 0.15) is 6.92 Å². The first-order valence-electron chi connectivity index (χ1n) is 10.8. The van der Waals surface area contributed by atoms with Crippen molar-refractivity contribution in [3.8, 4) is 17.2 Å². The Morgan fingerprint density at radius 3 is 1.92 bits per heavy atom. The number of nitrogens with one attached hydrogen (secondary N) is 2. The lowest BCUT2D eigenvalue weighted by atomic mass is 10.3. The summed E-state index contributed by atoms with van der Waals surface area (Å²) in [6.07, 6.45) is 0. The monoisotopic (exact) mass is 526 g/mol. The molecular weight excluding hydrogens is 500 g/mol. The maximum atomic E-state index is 12.9. The molecule has 0 unspecified atom stereocenters. The molecule has 0 atom stereocenters. The van der Waals surface area contributed by atoms with Crippen molar-refractivity contribution in [3.05, 3.63) is 78.2 Å². The van der Waals surface area contributed by atoms with Crippen molar-refractivity contribution >= 4 is 33.0 Å². The van der Waals surface area contributed by atoms with E-state index in [1.165, 1.54) is 46.5 Å². The minimum Gasteiger partial charge on any atom is -0.510 e. The van der Waals surface area contributed by atoms with Gasteiger partial charge in [0.1, 0.15) is 28.7 Å². The Kier molecular flexibility index (Phi) is 8.69. The first-order valence-corrected chi connectivity index (χ1v) is 12.3. The first kappa shape index (κ1) is 27.0. The van der Waals surface area contributed by atoms with Crippen LogP contribution in [0.3, 0.4) is 0 Å². The molecule has 0 aromatic heterocycles. The van der Waals surface area contributed by atoms with Crippen molar-refractivity contribution in [1.29, 1.82) is 0 Å². The molecule has 0 saturated heterocycles. The number of allylic oxidation sites excluding steroid dienone is 1. The molecule has 0 aliphatic heterocycles. The standard InChI is InChI=1S/C25H26N4O7S/c1-16(30)24(25(31)26-17-5-9-19(34-2)10-6-17)28-27-22-15-21(13-14-23(22)36-4)37(32,33)29-18-7-11-20(35-3)12-8-18/h5-15,29-30H,1-4H3,(H,26,31). The van der Waals surface area contributed by atoms with Crippen LogP contribution in [0.2, 0.25) is 0 Å². The Labute approximate surface area is 214 Å². The molecule has 1 amide bonds. The van der Waals surface area contributed by atoms with Crippen molar-refractivity contribution in [1.82, 2.24) is 0 Å². The highest BCUT2D eigenvalue weighted by molar-refractivity contribution is 7.92. The highest BCUT2D eigenvalue weighted by atomic mass is 32.2. The summed E-state index contributed by atoms with van der Waals surface area (Å²) < 4.78 is 43.8. The Hall–Kier alpha value is -4.58. The number of aliphatic hydroxyl groups excluding tert-OH is 1. The minimum atomic E-state index is -4.00. The van der Waals surface area contributed by atoms with Crippen molar-refractivity contribution in [2.24, 2.45) is 10.2 Å². The van der Waals surface area contributed by atoms with E-state index in [1.54, 1.807) is 48.5 Å². The molecule has 3 aromatic rings. The maximum absolute atomic E-state index is 12.9. The van der Waals surface area contributed by atoms with Gasteiger partial charge < -0.3 is 24.6 Å². The van der Waals surface area contributed by atoms with E-state index in [4.69, 9.17) is 14.2 Å². The van der Waals surface area contributed by atoms with Crippen molar-refractivity contribution in [2.45, 2.75) is 11.8 Å². The highest BCUT2D eigenvalue weighted by Crippen LogP contribution is 2.32. The normalized spacial score (nSPS) is 12.0. The molecule has 3 N–H and O–H groups in total. The van der Waals surface area contributed by atoms with E-state index < -0.39 is 21.7 Å². The third-order valence-electron chi connectivity index (χ3n) is 4.97. The molecule has 0 bridgehead atoms. The average molecular weight is 527 g/mol. The summed E-state index contributed by atoms with van der Waals surface area (Å²) >= 11 is 0. The molecular formula is C25H26N4O7S. The van der Waals surface area contributed by atoms with E-state index in [9.17, 15) is 18.3 Å². The van der Waals surface area contributed by atoms with Crippen molar-refractivity contribution < 1.29 is 32.5 Å². The number of carbonyl (C=O) groups is 1. The number of rotatable bonds is 10. The molecule has 3 rings (SSSR count).